The monoisotopic (exact) mass is 272 g/mol. The molecule has 1 aromatic heterocycles. The summed E-state index contributed by atoms with van der Waals surface area (Å²) in [5.74, 6) is 0.511. The van der Waals surface area contributed by atoms with Gasteiger partial charge in [0.15, 0.2) is 0 Å². The molecule has 1 saturated heterocycles. The van der Waals surface area contributed by atoms with Gasteiger partial charge in [-0.3, -0.25) is 4.68 Å². The molecule has 0 radical (unpaired) electrons. The number of hydrogen-bond donors (Lipinski definition) is 1. The number of hydrogen-bond acceptors (Lipinski definition) is 4. The molecule has 2 heterocycles. The Hall–Kier alpha value is -0.880. The van der Waals surface area contributed by atoms with Gasteiger partial charge < -0.3 is 5.11 Å². The van der Waals surface area contributed by atoms with Gasteiger partial charge in [0.25, 0.3) is 0 Å². The summed E-state index contributed by atoms with van der Waals surface area (Å²) in [5.41, 5.74) is 3.09. The summed E-state index contributed by atoms with van der Waals surface area (Å²) in [6.07, 6.45) is 1.90. The van der Waals surface area contributed by atoms with Gasteiger partial charge in [0, 0.05) is 12.3 Å². The highest BCUT2D eigenvalue weighted by Crippen LogP contribution is 2.27. The summed E-state index contributed by atoms with van der Waals surface area (Å²) in [4.78, 5) is 0. The zero-order valence-corrected chi connectivity index (χ0v) is 11.7. The third-order valence-electron chi connectivity index (χ3n) is 3.71. The van der Waals surface area contributed by atoms with Crippen LogP contribution < -0.4 is 0 Å². The Morgan fingerprint density at radius 2 is 1.94 bits per heavy atom. The summed E-state index contributed by atoms with van der Waals surface area (Å²) in [5, 5.41) is 13.6. The summed E-state index contributed by atoms with van der Waals surface area (Å²) in [7, 11) is -2.83. The first-order valence-corrected chi connectivity index (χ1v) is 8.12. The Kier molecular flexibility index (Phi) is 3.77. The van der Waals surface area contributed by atoms with Gasteiger partial charge in [0.05, 0.1) is 23.2 Å². The van der Waals surface area contributed by atoms with Crippen LogP contribution in [0, 0.1) is 13.8 Å². The normalized spacial score (nSPS) is 20.2. The highest BCUT2D eigenvalue weighted by molar-refractivity contribution is 7.91. The van der Waals surface area contributed by atoms with E-state index >= 15 is 0 Å². The van der Waals surface area contributed by atoms with Crippen molar-refractivity contribution >= 4 is 9.84 Å². The SMILES string of the molecule is Cc1nn(C2CCS(=O)(=O)CC2)c(C)c1CCO. The van der Waals surface area contributed by atoms with Gasteiger partial charge in [0.2, 0.25) is 0 Å². The number of aliphatic hydroxyl groups is 1. The van der Waals surface area contributed by atoms with Crippen molar-refractivity contribution in [1.82, 2.24) is 9.78 Å². The molecule has 0 atom stereocenters. The van der Waals surface area contributed by atoms with Crippen LogP contribution in [0.4, 0.5) is 0 Å². The molecule has 1 fully saturated rings. The maximum atomic E-state index is 11.4. The van der Waals surface area contributed by atoms with E-state index in [1.807, 2.05) is 18.5 Å². The lowest BCUT2D eigenvalue weighted by Gasteiger charge is -2.23. The Bertz CT molecular complexity index is 520. The molecule has 1 aliphatic heterocycles. The van der Waals surface area contributed by atoms with Crippen molar-refractivity contribution < 1.29 is 13.5 Å². The van der Waals surface area contributed by atoms with Gasteiger partial charge in [-0.15, -0.1) is 0 Å². The molecule has 2 rings (SSSR count). The number of aromatic nitrogens is 2. The second kappa shape index (κ2) is 5.01. The van der Waals surface area contributed by atoms with Gasteiger partial charge in [-0.1, -0.05) is 0 Å². The van der Waals surface area contributed by atoms with E-state index in [9.17, 15) is 8.42 Å². The summed E-state index contributed by atoms with van der Waals surface area (Å²) in [6.45, 7) is 4.05. The molecule has 6 heteroatoms. The fourth-order valence-corrected chi connectivity index (χ4v) is 4.11. The number of aliphatic hydroxyl groups excluding tert-OH is 1. The predicted octanol–water partition coefficient (Wildman–Crippen LogP) is 0.784. The Morgan fingerprint density at radius 3 is 2.50 bits per heavy atom. The van der Waals surface area contributed by atoms with Gasteiger partial charge in [-0.05, 0) is 38.7 Å². The van der Waals surface area contributed by atoms with E-state index in [4.69, 9.17) is 5.11 Å². The molecule has 1 N–H and O–H groups in total. The summed E-state index contributed by atoms with van der Waals surface area (Å²) < 4.78 is 24.8. The van der Waals surface area contributed by atoms with Crippen molar-refractivity contribution in [3.05, 3.63) is 17.0 Å². The molecule has 102 valence electrons. The fraction of sp³-hybridized carbons (Fsp3) is 0.750. The van der Waals surface area contributed by atoms with Crippen LogP contribution in [0.5, 0.6) is 0 Å². The van der Waals surface area contributed by atoms with Crippen molar-refractivity contribution in [2.75, 3.05) is 18.1 Å². The van der Waals surface area contributed by atoms with Crippen LogP contribution >= 0.6 is 0 Å². The van der Waals surface area contributed by atoms with Crippen molar-refractivity contribution in [1.29, 1.82) is 0 Å². The van der Waals surface area contributed by atoms with Gasteiger partial charge >= 0.3 is 0 Å². The lowest BCUT2D eigenvalue weighted by molar-refractivity contribution is 0.299. The molecule has 0 saturated carbocycles. The van der Waals surface area contributed by atoms with Crippen LogP contribution in [0.25, 0.3) is 0 Å². The van der Waals surface area contributed by atoms with E-state index in [0.29, 0.717) is 19.3 Å². The molecule has 0 amide bonds. The molecule has 0 aliphatic carbocycles. The maximum absolute atomic E-state index is 11.4. The van der Waals surface area contributed by atoms with E-state index in [1.165, 1.54) is 0 Å². The molecule has 0 aromatic carbocycles. The van der Waals surface area contributed by atoms with Crippen molar-refractivity contribution in [2.24, 2.45) is 0 Å². The van der Waals surface area contributed by atoms with Crippen LogP contribution in [0.1, 0.15) is 35.8 Å². The highest BCUT2D eigenvalue weighted by atomic mass is 32.2. The number of aryl methyl sites for hydroxylation is 1. The minimum Gasteiger partial charge on any atom is -0.396 e. The molecule has 0 spiro atoms. The average molecular weight is 272 g/mol. The second-order valence-electron chi connectivity index (χ2n) is 4.95. The quantitative estimate of drug-likeness (QED) is 0.883. The Morgan fingerprint density at radius 1 is 1.33 bits per heavy atom. The summed E-state index contributed by atoms with van der Waals surface area (Å²) >= 11 is 0. The maximum Gasteiger partial charge on any atom is 0.150 e. The molecule has 0 bridgehead atoms. The summed E-state index contributed by atoms with van der Waals surface area (Å²) in [6, 6.07) is 0.180. The van der Waals surface area contributed by atoms with Gasteiger partial charge in [-0.2, -0.15) is 5.10 Å². The topological polar surface area (TPSA) is 72.2 Å². The highest BCUT2D eigenvalue weighted by Gasteiger charge is 2.27. The first-order valence-electron chi connectivity index (χ1n) is 6.30. The van der Waals surface area contributed by atoms with Crippen LogP contribution in [0.3, 0.4) is 0 Å². The number of sulfone groups is 1. The van der Waals surface area contributed by atoms with E-state index in [2.05, 4.69) is 5.10 Å². The zero-order valence-electron chi connectivity index (χ0n) is 10.9. The smallest absolute Gasteiger partial charge is 0.150 e. The van der Waals surface area contributed by atoms with Gasteiger partial charge in [-0.25, -0.2) is 8.42 Å². The Labute approximate surface area is 108 Å². The van der Waals surface area contributed by atoms with E-state index in [0.717, 1.165) is 17.0 Å². The van der Waals surface area contributed by atoms with Crippen molar-refractivity contribution in [3.8, 4) is 0 Å². The van der Waals surface area contributed by atoms with Crippen LogP contribution in [-0.4, -0.2) is 41.4 Å². The lowest BCUT2D eigenvalue weighted by atomic mass is 10.1. The number of rotatable bonds is 3. The van der Waals surface area contributed by atoms with Crippen molar-refractivity contribution in [3.63, 3.8) is 0 Å². The molecular weight excluding hydrogens is 252 g/mol. The first-order chi connectivity index (χ1) is 8.44. The third kappa shape index (κ3) is 2.59. The number of nitrogens with zero attached hydrogens (tertiary/aromatic N) is 2. The molecule has 18 heavy (non-hydrogen) atoms. The molecule has 0 unspecified atom stereocenters. The lowest BCUT2D eigenvalue weighted by Crippen LogP contribution is -2.26. The van der Waals surface area contributed by atoms with E-state index in [-0.39, 0.29) is 24.2 Å². The standard InChI is InChI=1S/C12H20N2O3S/c1-9-12(3-6-15)10(2)14(13-9)11-4-7-18(16,17)8-5-11/h11,15H,3-8H2,1-2H3. The average Bonchev–Trinajstić information content (AvgIpc) is 2.58. The van der Waals surface area contributed by atoms with Crippen LogP contribution in [-0.2, 0) is 16.3 Å². The minimum atomic E-state index is -2.83. The van der Waals surface area contributed by atoms with Crippen LogP contribution in [0.15, 0.2) is 0 Å². The molecule has 5 nitrogen and oxygen atoms in total. The second-order valence-corrected chi connectivity index (χ2v) is 7.25. The third-order valence-corrected chi connectivity index (χ3v) is 5.42. The largest absolute Gasteiger partial charge is 0.396 e. The van der Waals surface area contributed by atoms with E-state index in [1.54, 1.807) is 0 Å². The molecular formula is C12H20N2O3S. The first kappa shape index (κ1) is 13.5. The van der Waals surface area contributed by atoms with Crippen molar-refractivity contribution in [2.45, 2.75) is 39.2 Å². The molecule has 1 aromatic rings. The minimum absolute atomic E-state index is 0.117. The van der Waals surface area contributed by atoms with E-state index < -0.39 is 9.84 Å². The van der Waals surface area contributed by atoms with Gasteiger partial charge in [0.1, 0.15) is 9.84 Å². The predicted molar refractivity (Wildman–Crippen MR) is 69.4 cm³/mol. The van der Waals surface area contributed by atoms with Crippen LogP contribution in [0.2, 0.25) is 0 Å². The fourth-order valence-electron chi connectivity index (χ4n) is 2.65. The molecule has 1 aliphatic rings. The zero-order chi connectivity index (χ0) is 13.3. The Balaban J connectivity index is 2.22.